The van der Waals surface area contributed by atoms with Crippen LogP contribution in [0.25, 0.3) is 0 Å². The smallest absolute Gasteiger partial charge is 0.0693 e. The van der Waals surface area contributed by atoms with E-state index in [1.54, 1.807) is 0 Å². The quantitative estimate of drug-likeness (QED) is 0.602. The lowest BCUT2D eigenvalue weighted by Gasteiger charge is -2.28. The van der Waals surface area contributed by atoms with Crippen LogP contribution in [0.5, 0.6) is 0 Å². The van der Waals surface area contributed by atoms with Crippen molar-refractivity contribution in [3.05, 3.63) is 0 Å². The summed E-state index contributed by atoms with van der Waals surface area (Å²) in [6.45, 7) is 3.24. The first-order valence-corrected chi connectivity index (χ1v) is 4.26. The van der Waals surface area contributed by atoms with Crippen LogP contribution in [0, 0.1) is 0 Å². The predicted molar refractivity (Wildman–Crippen MR) is 41.9 cm³/mol. The zero-order valence-corrected chi connectivity index (χ0v) is 6.64. The van der Waals surface area contributed by atoms with Gasteiger partial charge in [0, 0.05) is 6.04 Å². The van der Waals surface area contributed by atoms with Crippen molar-refractivity contribution in [1.82, 2.24) is 5.32 Å². The molecule has 10 heavy (non-hydrogen) atoms. The Morgan fingerprint density at radius 2 is 2.40 bits per heavy atom. The molecule has 0 radical (unpaired) electrons. The maximum atomic E-state index is 9.44. The van der Waals surface area contributed by atoms with E-state index in [4.69, 9.17) is 0 Å². The summed E-state index contributed by atoms with van der Waals surface area (Å²) in [6.07, 6.45) is 4.29. The van der Waals surface area contributed by atoms with Crippen LogP contribution in [0.3, 0.4) is 0 Å². The first-order chi connectivity index (χ1) is 4.84. The fourth-order valence-corrected chi connectivity index (χ4v) is 1.54. The van der Waals surface area contributed by atoms with Gasteiger partial charge < -0.3 is 10.4 Å². The maximum absolute atomic E-state index is 9.44. The fraction of sp³-hybridized carbons (Fsp3) is 1.00. The number of aliphatic hydroxyl groups excluding tert-OH is 1. The molecule has 0 saturated carbocycles. The van der Waals surface area contributed by atoms with Crippen LogP contribution in [0.4, 0.5) is 0 Å². The largest absolute Gasteiger partial charge is 0.392 e. The summed E-state index contributed by atoms with van der Waals surface area (Å²) in [7, 11) is 0. The Morgan fingerprint density at radius 1 is 1.60 bits per heavy atom. The Kier molecular flexibility index (Phi) is 3.16. The molecule has 0 aliphatic carbocycles. The standard InChI is InChI=1S/C8H17NO/c1-2-4-7-8(10)5-3-6-9-7/h7-10H,2-6H2,1H3/t7-,8-/m0/s1. The van der Waals surface area contributed by atoms with Gasteiger partial charge in [-0.1, -0.05) is 13.3 Å². The van der Waals surface area contributed by atoms with Crippen molar-refractivity contribution < 1.29 is 5.11 Å². The summed E-state index contributed by atoms with van der Waals surface area (Å²) in [4.78, 5) is 0. The SMILES string of the molecule is CCC[C@@H]1NCCC[C@@H]1O. The fourth-order valence-electron chi connectivity index (χ4n) is 1.54. The summed E-state index contributed by atoms with van der Waals surface area (Å²) in [5.41, 5.74) is 0. The van der Waals surface area contributed by atoms with Gasteiger partial charge in [0.2, 0.25) is 0 Å². The Balaban J connectivity index is 2.25. The van der Waals surface area contributed by atoms with Gasteiger partial charge in [0.15, 0.2) is 0 Å². The van der Waals surface area contributed by atoms with E-state index in [0.29, 0.717) is 6.04 Å². The zero-order valence-electron chi connectivity index (χ0n) is 6.64. The van der Waals surface area contributed by atoms with Crippen LogP contribution >= 0.6 is 0 Å². The van der Waals surface area contributed by atoms with Crippen molar-refractivity contribution in [2.75, 3.05) is 6.54 Å². The van der Waals surface area contributed by atoms with E-state index >= 15 is 0 Å². The second kappa shape index (κ2) is 3.94. The van der Waals surface area contributed by atoms with E-state index in [1.807, 2.05) is 0 Å². The molecular formula is C8H17NO. The van der Waals surface area contributed by atoms with Crippen molar-refractivity contribution in [1.29, 1.82) is 0 Å². The molecule has 1 aliphatic heterocycles. The average molecular weight is 143 g/mol. The van der Waals surface area contributed by atoms with Crippen LogP contribution in [-0.2, 0) is 0 Å². The van der Waals surface area contributed by atoms with E-state index in [9.17, 15) is 5.11 Å². The summed E-state index contributed by atoms with van der Waals surface area (Å²) < 4.78 is 0. The molecule has 2 heteroatoms. The normalized spacial score (nSPS) is 34.2. The van der Waals surface area contributed by atoms with Crippen molar-refractivity contribution in [2.45, 2.75) is 44.8 Å². The Morgan fingerprint density at radius 3 is 3.00 bits per heavy atom. The Hall–Kier alpha value is -0.0800. The molecule has 2 N–H and O–H groups in total. The number of hydrogen-bond donors (Lipinski definition) is 2. The Labute approximate surface area is 62.6 Å². The van der Waals surface area contributed by atoms with E-state index in [0.717, 1.165) is 32.2 Å². The number of hydrogen-bond acceptors (Lipinski definition) is 2. The number of aliphatic hydroxyl groups is 1. The summed E-state index contributed by atoms with van der Waals surface area (Å²) >= 11 is 0. The minimum absolute atomic E-state index is 0.0892. The van der Waals surface area contributed by atoms with Gasteiger partial charge in [-0.3, -0.25) is 0 Å². The van der Waals surface area contributed by atoms with Gasteiger partial charge in [-0.25, -0.2) is 0 Å². The highest BCUT2D eigenvalue weighted by Crippen LogP contribution is 2.12. The lowest BCUT2D eigenvalue weighted by atomic mass is 9.98. The molecule has 2 atom stereocenters. The molecule has 0 spiro atoms. The van der Waals surface area contributed by atoms with Crippen molar-refractivity contribution in [3.63, 3.8) is 0 Å². The third-order valence-electron chi connectivity index (χ3n) is 2.15. The second-order valence-electron chi connectivity index (χ2n) is 3.06. The van der Waals surface area contributed by atoms with E-state index in [-0.39, 0.29) is 6.10 Å². The molecule has 0 unspecified atom stereocenters. The molecule has 0 amide bonds. The van der Waals surface area contributed by atoms with Gasteiger partial charge in [-0.05, 0) is 25.8 Å². The summed E-state index contributed by atoms with van der Waals surface area (Å²) in [5.74, 6) is 0. The summed E-state index contributed by atoms with van der Waals surface area (Å²) in [6, 6.07) is 0.374. The summed E-state index contributed by atoms with van der Waals surface area (Å²) in [5, 5.41) is 12.8. The highest BCUT2D eigenvalue weighted by Gasteiger charge is 2.20. The van der Waals surface area contributed by atoms with Gasteiger partial charge >= 0.3 is 0 Å². The molecule has 1 heterocycles. The van der Waals surface area contributed by atoms with Crippen LogP contribution in [0.15, 0.2) is 0 Å². The number of piperidine rings is 1. The molecule has 60 valence electrons. The third-order valence-corrected chi connectivity index (χ3v) is 2.15. The third kappa shape index (κ3) is 1.96. The Bertz CT molecular complexity index is 93.3. The van der Waals surface area contributed by atoms with Crippen LogP contribution in [-0.4, -0.2) is 23.8 Å². The molecule has 1 rings (SSSR count). The van der Waals surface area contributed by atoms with Crippen molar-refractivity contribution >= 4 is 0 Å². The molecular weight excluding hydrogens is 126 g/mol. The molecule has 2 nitrogen and oxygen atoms in total. The lowest BCUT2D eigenvalue weighted by molar-refractivity contribution is 0.0921. The predicted octanol–water partition coefficient (Wildman–Crippen LogP) is 0.899. The molecule has 0 bridgehead atoms. The van der Waals surface area contributed by atoms with Gasteiger partial charge in [0.1, 0.15) is 0 Å². The van der Waals surface area contributed by atoms with E-state index < -0.39 is 0 Å². The van der Waals surface area contributed by atoms with Gasteiger partial charge in [0.05, 0.1) is 6.10 Å². The van der Waals surface area contributed by atoms with Crippen molar-refractivity contribution in [3.8, 4) is 0 Å². The van der Waals surface area contributed by atoms with Crippen molar-refractivity contribution in [2.24, 2.45) is 0 Å². The highest BCUT2D eigenvalue weighted by atomic mass is 16.3. The van der Waals surface area contributed by atoms with Crippen LogP contribution < -0.4 is 5.32 Å². The molecule has 1 fully saturated rings. The number of rotatable bonds is 2. The monoisotopic (exact) mass is 143 g/mol. The maximum Gasteiger partial charge on any atom is 0.0693 e. The zero-order chi connectivity index (χ0) is 7.40. The molecule has 0 aromatic rings. The first-order valence-electron chi connectivity index (χ1n) is 4.26. The van der Waals surface area contributed by atoms with Gasteiger partial charge in [-0.2, -0.15) is 0 Å². The molecule has 1 saturated heterocycles. The minimum atomic E-state index is -0.0892. The average Bonchev–Trinajstić information content (AvgIpc) is 1.94. The molecule has 0 aromatic heterocycles. The van der Waals surface area contributed by atoms with Crippen LogP contribution in [0.2, 0.25) is 0 Å². The molecule has 0 aromatic carbocycles. The van der Waals surface area contributed by atoms with Gasteiger partial charge in [0.25, 0.3) is 0 Å². The lowest BCUT2D eigenvalue weighted by Crippen LogP contribution is -2.44. The first kappa shape index (κ1) is 8.02. The molecule has 1 aliphatic rings. The minimum Gasteiger partial charge on any atom is -0.392 e. The van der Waals surface area contributed by atoms with E-state index in [2.05, 4.69) is 12.2 Å². The second-order valence-corrected chi connectivity index (χ2v) is 3.06. The van der Waals surface area contributed by atoms with Crippen LogP contribution in [0.1, 0.15) is 32.6 Å². The topological polar surface area (TPSA) is 32.3 Å². The number of nitrogens with one attached hydrogen (secondary N) is 1. The van der Waals surface area contributed by atoms with Gasteiger partial charge in [-0.15, -0.1) is 0 Å². The highest BCUT2D eigenvalue weighted by molar-refractivity contribution is 4.79. The van der Waals surface area contributed by atoms with E-state index in [1.165, 1.54) is 0 Å².